The van der Waals surface area contributed by atoms with Crippen molar-refractivity contribution >= 4 is 18.4 Å². The van der Waals surface area contributed by atoms with Gasteiger partial charge in [0, 0.05) is 12.1 Å². The summed E-state index contributed by atoms with van der Waals surface area (Å²) in [5.74, 6) is -0.169. The van der Waals surface area contributed by atoms with Crippen molar-refractivity contribution in [1.82, 2.24) is 4.90 Å². The van der Waals surface area contributed by atoms with Crippen LogP contribution in [-0.2, 0) is 9.53 Å². The lowest BCUT2D eigenvalue weighted by Gasteiger charge is -2.37. The van der Waals surface area contributed by atoms with E-state index in [1.54, 1.807) is 0 Å². The fourth-order valence-corrected chi connectivity index (χ4v) is 2.04. The van der Waals surface area contributed by atoms with E-state index in [2.05, 4.69) is 9.64 Å². The number of piperidine rings is 1. The van der Waals surface area contributed by atoms with E-state index in [9.17, 15) is 4.79 Å². The summed E-state index contributed by atoms with van der Waals surface area (Å²) in [4.78, 5) is 13.3. The third-order valence-corrected chi connectivity index (χ3v) is 2.83. The summed E-state index contributed by atoms with van der Waals surface area (Å²) in [7, 11) is 1.42. The predicted octanol–water partition coefficient (Wildman–Crippen LogP) is 0.783. The highest BCUT2D eigenvalue weighted by molar-refractivity contribution is 5.85. The van der Waals surface area contributed by atoms with Crippen LogP contribution in [0.5, 0.6) is 0 Å². The number of esters is 1. The van der Waals surface area contributed by atoms with Crippen LogP contribution in [0.4, 0.5) is 0 Å². The van der Waals surface area contributed by atoms with Crippen LogP contribution in [0.3, 0.4) is 0 Å². The van der Waals surface area contributed by atoms with E-state index in [1.165, 1.54) is 13.5 Å². The third kappa shape index (κ3) is 4.36. The molecule has 1 fully saturated rings. The molecule has 0 bridgehead atoms. The van der Waals surface area contributed by atoms with Crippen molar-refractivity contribution in [2.45, 2.75) is 38.3 Å². The zero-order valence-corrected chi connectivity index (χ0v) is 10.3. The van der Waals surface area contributed by atoms with Crippen LogP contribution in [0.25, 0.3) is 0 Å². The first-order valence-electron chi connectivity index (χ1n) is 5.21. The zero-order valence-electron chi connectivity index (χ0n) is 9.44. The number of hydrogen-bond acceptors (Lipinski definition) is 4. The minimum Gasteiger partial charge on any atom is -0.468 e. The molecular formula is C10H21ClN2O2. The highest BCUT2D eigenvalue weighted by Crippen LogP contribution is 2.18. The van der Waals surface area contributed by atoms with Crippen molar-refractivity contribution in [2.75, 3.05) is 20.2 Å². The number of hydrogen-bond donors (Lipinski definition) is 1. The Kier molecular flexibility index (Phi) is 6.89. The maximum absolute atomic E-state index is 11.1. The van der Waals surface area contributed by atoms with E-state index in [0.29, 0.717) is 12.6 Å². The van der Waals surface area contributed by atoms with Gasteiger partial charge in [0.15, 0.2) is 0 Å². The monoisotopic (exact) mass is 236 g/mol. The normalized spacial score (nSPS) is 24.1. The molecule has 2 N–H and O–H groups in total. The number of halogens is 1. The highest BCUT2D eigenvalue weighted by Gasteiger charge is 2.26. The van der Waals surface area contributed by atoms with Crippen LogP contribution in [0.15, 0.2) is 0 Å². The molecule has 1 heterocycles. The van der Waals surface area contributed by atoms with Gasteiger partial charge in [-0.1, -0.05) is 6.42 Å². The van der Waals surface area contributed by atoms with Gasteiger partial charge in [-0.15, -0.1) is 12.4 Å². The molecule has 90 valence electrons. The number of likely N-dealkylation sites (tertiary alicyclic amines) is 1. The van der Waals surface area contributed by atoms with Crippen LogP contribution in [0, 0.1) is 0 Å². The van der Waals surface area contributed by atoms with Crippen molar-refractivity contribution < 1.29 is 9.53 Å². The lowest BCUT2D eigenvalue weighted by molar-refractivity contribution is -0.143. The van der Waals surface area contributed by atoms with E-state index < -0.39 is 0 Å². The van der Waals surface area contributed by atoms with Crippen LogP contribution in [0.2, 0.25) is 0 Å². The van der Waals surface area contributed by atoms with Gasteiger partial charge >= 0.3 is 5.97 Å². The van der Waals surface area contributed by atoms with Crippen molar-refractivity contribution in [2.24, 2.45) is 5.73 Å². The molecule has 1 saturated heterocycles. The van der Waals surface area contributed by atoms with E-state index >= 15 is 0 Å². The molecule has 5 heteroatoms. The lowest BCUT2D eigenvalue weighted by atomic mass is 9.97. The SMILES string of the molecule is COC(=O)CN1CCCCC1C(C)N.Cl. The Balaban J connectivity index is 0.00000196. The van der Waals surface area contributed by atoms with Gasteiger partial charge in [-0.3, -0.25) is 9.69 Å². The van der Waals surface area contributed by atoms with Crippen LogP contribution < -0.4 is 5.73 Å². The number of carbonyl (C=O) groups excluding carboxylic acids is 1. The average molecular weight is 237 g/mol. The van der Waals surface area contributed by atoms with Gasteiger partial charge in [0.05, 0.1) is 13.7 Å². The van der Waals surface area contributed by atoms with Gasteiger partial charge in [-0.05, 0) is 26.3 Å². The number of ether oxygens (including phenoxy) is 1. The average Bonchev–Trinajstić information content (AvgIpc) is 2.18. The van der Waals surface area contributed by atoms with Gasteiger partial charge in [-0.25, -0.2) is 0 Å². The molecular weight excluding hydrogens is 216 g/mol. The molecule has 0 aliphatic carbocycles. The second-order valence-corrected chi connectivity index (χ2v) is 3.97. The fourth-order valence-electron chi connectivity index (χ4n) is 2.04. The molecule has 2 atom stereocenters. The molecule has 0 amide bonds. The Morgan fingerprint density at radius 3 is 2.80 bits per heavy atom. The Morgan fingerprint density at radius 1 is 1.60 bits per heavy atom. The number of carbonyl (C=O) groups is 1. The van der Waals surface area contributed by atoms with Gasteiger partial charge in [0.25, 0.3) is 0 Å². The van der Waals surface area contributed by atoms with E-state index in [1.807, 2.05) is 6.92 Å². The summed E-state index contributed by atoms with van der Waals surface area (Å²) < 4.78 is 4.66. The van der Waals surface area contributed by atoms with Crippen molar-refractivity contribution in [3.63, 3.8) is 0 Å². The Bertz CT molecular complexity index is 200. The molecule has 1 aliphatic rings. The van der Waals surface area contributed by atoms with Crippen molar-refractivity contribution in [3.05, 3.63) is 0 Å². The highest BCUT2D eigenvalue weighted by atomic mass is 35.5. The Morgan fingerprint density at radius 2 is 2.27 bits per heavy atom. The largest absolute Gasteiger partial charge is 0.468 e. The van der Waals surface area contributed by atoms with E-state index in [4.69, 9.17) is 5.73 Å². The molecule has 0 spiro atoms. The predicted molar refractivity (Wildman–Crippen MR) is 62.1 cm³/mol. The third-order valence-electron chi connectivity index (χ3n) is 2.83. The molecule has 0 aromatic rings. The molecule has 2 unspecified atom stereocenters. The summed E-state index contributed by atoms with van der Waals surface area (Å²) in [5.41, 5.74) is 5.88. The molecule has 1 rings (SSSR count). The van der Waals surface area contributed by atoms with Crippen molar-refractivity contribution in [1.29, 1.82) is 0 Å². The smallest absolute Gasteiger partial charge is 0.319 e. The molecule has 1 aliphatic heterocycles. The Labute approximate surface area is 97.5 Å². The molecule has 4 nitrogen and oxygen atoms in total. The molecule has 0 aromatic carbocycles. The lowest BCUT2D eigenvalue weighted by Crippen LogP contribution is -2.50. The second kappa shape index (κ2) is 7.04. The summed E-state index contributed by atoms with van der Waals surface area (Å²) in [6.07, 6.45) is 3.46. The van der Waals surface area contributed by atoms with Gasteiger partial charge in [-0.2, -0.15) is 0 Å². The van der Waals surface area contributed by atoms with Gasteiger partial charge < -0.3 is 10.5 Å². The van der Waals surface area contributed by atoms with Crippen LogP contribution in [-0.4, -0.2) is 43.2 Å². The summed E-state index contributed by atoms with van der Waals surface area (Å²) in [6.45, 7) is 3.34. The fraction of sp³-hybridized carbons (Fsp3) is 0.900. The minimum absolute atomic E-state index is 0. The molecule has 0 radical (unpaired) electrons. The second-order valence-electron chi connectivity index (χ2n) is 3.97. The van der Waals surface area contributed by atoms with Gasteiger partial charge in [0.1, 0.15) is 0 Å². The Hall–Kier alpha value is -0.320. The van der Waals surface area contributed by atoms with E-state index in [0.717, 1.165) is 19.4 Å². The summed E-state index contributed by atoms with van der Waals surface area (Å²) in [5, 5.41) is 0. The first-order valence-corrected chi connectivity index (χ1v) is 5.21. The molecule has 15 heavy (non-hydrogen) atoms. The summed E-state index contributed by atoms with van der Waals surface area (Å²) >= 11 is 0. The van der Waals surface area contributed by atoms with E-state index in [-0.39, 0.29) is 24.4 Å². The number of nitrogens with two attached hydrogens (primary N) is 1. The maximum Gasteiger partial charge on any atom is 0.319 e. The quantitative estimate of drug-likeness (QED) is 0.736. The van der Waals surface area contributed by atoms with Crippen LogP contribution in [0.1, 0.15) is 26.2 Å². The van der Waals surface area contributed by atoms with Crippen LogP contribution >= 0.6 is 12.4 Å². The van der Waals surface area contributed by atoms with Gasteiger partial charge in [0.2, 0.25) is 0 Å². The van der Waals surface area contributed by atoms with Crippen molar-refractivity contribution in [3.8, 4) is 0 Å². The topological polar surface area (TPSA) is 55.6 Å². The zero-order chi connectivity index (χ0) is 10.6. The number of methoxy groups -OCH3 is 1. The molecule has 0 aromatic heterocycles. The first kappa shape index (κ1) is 14.7. The minimum atomic E-state index is -0.169. The summed E-state index contributed by atoms with van der Waals surface area (Å²) in [6, 6.07) is 0.461. The number of nitrogens with zero attached hydrogens (tertiary/aromatic N) is 1. The maximum atomic E-state index is 11.1. The first-order chi connectivity index (χ1) is 6.65. The number of rotatable bonds is 3. The molecule has 0 saturated carbocycles. The standard InChI is InChI=1S/C10H20N2O2.ClH/c1-8(11)9-5-3-4-6-12(9)7-10(13)14-2;/h8-9H,3-7,11H2,1-2H3;1H.